The molecule has 1 heterocycles. The Bertz CT molecular complexity index is 1030. The molecule has 2 aromatic carbocycles. The summed E-state index contributed by atoms with van der Waals surface area (Å²) in [6.45, 7) is 4.79. The van der Waals surface area contributed by atoms with Crippen LogP contribution < -0.4 is 14.8 Å². The van der Waals surface area contributed by atoms with Gasteiger partial charge < -0.3 is 14.8 Å². The normalized spacial score (nSPS) is 10.7. The number of nitrogens with zero attached hydrogens (tertiary/aromatic N) is 4. The number of anilines is 1. The van der Waals surface area contributed by atoms with E-state index in [0.717, 1.165) is 12.1 Å². The van der Waals surface area contributed by atoms with E-state index in [4.69, 9.17) is 21.1 Å². The first-order chi connectivity index (χ1) is 14.6. The second-order valence-corrected chi connectivity index (χ2v) is 7.33. The molecule has 0 aliphatic carbocycles. The highest BCUT2D eigenvalue weighted by molar-refractivity contribution is 7.98. The van der Waals surface area contributed by atoms with Crippen molar-refractivity contribution in [3.63, 3.8) is 0 Å². The zero-order valence-corrected chi connectivity index (χ0v) is 18.5. The van der Waals surface area contributed by atoms with Gasteiger partial charge in [-0.05, 0) is 60.4 Å². The third-order valence-corrected chi connectivity index (χ3v) is 4.89. The summed E-state index contributed by atoms with van der Waals surface area (Å²) < 4.78 is 12.9. The van der Waals surface area contributed by atoms with E-state index in [1.54, 1.807) is 28.9 Å². The number of aromatic nitrogens is 4. The molecular weight excluding hydrogens is 426 g/mol. The van der Waals surface area contributed by atoms with Crippen LogP contribution in [0.15, 0.2) is 41.6 Å². The Kier molecular flexibility index (Phi) is 7.53. The summed E-state index contributed by atoms with van der Waals surface area (Å²) in [5.41, 5.74) is 1.70. The van der Waals surface area contributed by atoms with Crippen LogP contribution in [0.2, 0.25) is 5.02 Å². The molecule has 30 heavy (non-hydrogen) atoms. The summed E-state index contributed by atoms with van der Waals surface area (Å²) in [6, 6.07) is 10.5. The van der Waals surface area contributed by atoms with Gasteiger partial charge in [0.15, 0.2) is 11.5 Å². The molecule has 0 bridgehead atoms. The van der Waals surface area contributed by atoms with E-state index in [-0.39, 0.29) is 5.91 Å². The average molecular weight is 448 g/mol. The van der Waals surface area contributed by atoms with E-state index in [2.05, 4.69) is 20.8 Å². The lowest BCUT2D eigenvalue weighted by molar-refractivity contribution is 0.102. The van der Waals surface area contributed by atoms with E-state index in [0.29, 0.717) is 46.1 Å². The first kappa shape index (κ1) is 21.9. The molecule has 8 nitrogen and oxygen atoms in total. The Morgan fingerprint density at radius 1 is 1.23 bits per heavy atom. The first-order valence-corrected chi connectivity index (χ1v) is 11.0. The number of carbonyl (C=O) groups is 1. The lowest BCUT2D eigenvalue weighted by atomic mass is 10.1. The minimum Gasteiger partial charge on any atom is -0.490 e. The van der Waals surface area contributed by atoms with Crippen molar-refractivity contribution in [1.82, 2.24) is 20.2 Å². The monoisotopic (exact) mass is 447 g/mol. The molecule has 158 valence electrons. The van der Waals surface area contributed by atoms with Gasteiger partial charge in [0.2, 0.25) is 5.16 Å². The summed E-state index contributed by atoms with van der Waals surface area (Å²) in [6.07, 6.45) is 2.72. The number of nitrogens with one attached hydrogen (secondary N) is 1. The Balaban J connectivity index is 1.85. The highest BCUT2D eigenvalue weighted by Crippen LogP contribution is 2.37. The molecule has 10 heteroatoms. The molecule has 3 rings (SSSR count). The van der Waals surface area contributed by atoms with Crippen molar-refractivity contribution >= 4 is 35.0 Å². The summed E-state index contributed by atoms with van der Waals surface area (Å²) in [4.78, 5) is 12.9. The van der Waals surface area contributed by atoms with Gasteiger partial charge in [-0.2, -0.15) is 4.68 Å². The summed E-state index contributed by atoms with van der Waals surface area (Å²) in [5, 5.41) is 15.5. The van der Waals surface area contributed by atoms with Gasteiger partial charge in [0.05, 0.1) is 23.9 Å². The minimum absolute atomic E-state index is 0.321. The Morgan fingerprint density at radius 3 is 2.80 bits per heavy atom. The molecule has 0 atom stereocenters. The van der Waals surface area contributed by atoms with Crippen molar-refractivity contribution < 1.29 is 14.3 Å². The first-order valence-electron chi connectivity index (χ1n) is 9.40. The van der Waals surface area contributed by atoms with E-state index in [1.807, 2.05) is 32.2 Å². The third kappa shape index (κ3) is 5.03. The lowest BCUT2D eigenvalue weighted by Gasteiger charge is -2.15. The summed E-state index contributed by atoms with van der Waals surface area (Å²) in [5.74, 6) is 0.566. The molecule has 0 radical (unpaired) electrons. The number of hydrogen-bond donors (Lipinski definition) is 1. The van der Waals surface area contributed by atoms with Crippen LogP contribution in [0.5, 0.6) is 11.5 Å². The molecule has 0 aliphatic rings. The maximum absolute atomic E-state index is 12.9. The van der Waals surface area contributed by atoms with Crippen LogP contribution >= 0.6 is 23.4 Å². The molecule has 0 aliphatic heterocycles. The summed E-state index contributed by atoms with van der Waals surface area (Å²) in [7, 11) is 0. The number of benzene rings is 2. The maximum atomic E-state index is 12.9. The second kappa shape index (κ2) is 10.3. The largest absolute Gasteiger partial charge is 0.490 e. The highest BCUT2D eigenvalue weighted by atomic mass is 35.5. The fourth-order valence-electron chi connectivity index (χ4n) is 2.69. The van der Waals surface area contributed by atoms with Crippen molar-refractivity contribution in [1.29, 1.82) is 0 Å². The van der Waals surface area contributed by atoms with Gasteiger partial charge in [0.1, 0.15) is 0 Å². The predicted molar refractivity (Wildman–Crippen MR) is 117 cm³/mol. The Labute approximate surface area is 183 Å². The molecule has 3 aromatic rings. The van der Waals surface area contributed by atoms with Crippen molar-refractivity contribution in [3.05, 3.63) is 47.0 Å². The molecule has 1 aromatic heterocycles. The van der Waals surface area contributed by atoms with Crippen LogP contribution in [0, 0.1) is 0 Å². The van der Waals surface area contributed by atoms with Gasteiger partial charge in [-0.25, -0.2) is 0 Å². The van der Waals surface area contributed by atoms with Crippen LogP contribution in [0.1, 0.15) is 30.6 Å². The van der Waals surface area contributed by atoms with E-state index >= 15 is 0 Å². The number of tetrazole rings is 1. The fourth-order valence-corrected chi connectivity index (χ4v) is 3.39. The smallest absolute Gasteiger partial charge is 0.255 e. The zero-order chi connectivity index (χ0) is 21.5. The predicted octanol–water partition coefficient (Wildman–Crippen LogP) is 4.48. The maximum Gasteiger partial charge on any atom is 0.255 e. The Morgan fingerprint density at radius 2 is 2.07 bits per heavy atom. The van der Waals surface area contributed by atoms with Crippen molar-refractivity contribution in [2.75, 3.05) is 24.8 Å². The Hall–Kier alpha value is -2.78. The number of hydrogen-bond acceptors (Lipinski definition) is 7. The van der Waals surface area contributed by atoms with Crippen molar-refractivity contribution in [2.24, 2.45) is 0 Å². The van der Waals surface area contributed by atoms with Gasteiger partial charge in [-0.15, -0.1) is 5.10 Å². The van der Waals surface area contributed by atoms with E-state index in [9.17, 15) is 4.79 Å². The van der Waals surface area contributed by atoms with Gasteiger partial charge in [0.25, 0.3) is 5.91 Å². The lowest BCUT2D eigenvalue weighted by Crippen LogP contribution is -2.13. The SMILES string of the molecule is CCCOc1c(Cl)cc(C(=O)Nc2cccc(-n3nnnc3SC)c2)cc1OCC. The quantitative estimate of drug-likeness (QED) is 0.483. The second-order valence-electron chi connectivity index (χ2n) is 6.15. The van der Waals surface area contributed by atoms with Crippen LogP contribution in [-0.4, -0.2) is 45.6 Å². The average Bonchev–Trinajstić information content (AvgIpc) is 3.22. The van der Waals surface area contributed by atoms with Gasteiger partial charge in [-0.3, -0.25) is 4.79 Å². The van der Waals surface area contributed by atoms with Gasteiger partial charge >= 0.3 is 0 Å². The molecule has 0 unspecified atom stereocenters. The fraction of sp³-hybridized carbons (Fsp3) is 0.300. The number of thioether (sulfide) groups is 1. The van der Waals surface area contributed by atoms with Crippen LogP contribution in [0.25, 0.3) is 5.69 Å². The number of ether oxygens (including phenoxy) is 2. The summed E-state index contributed by atoms with van der Waals surface area (Å²) >= 11 is 7.79. The molecule has 0 saturated heterocycles. The van der Waals surface area contributed by atoms with Gasteiger partial charge in [0, 0.05) is 11.3 Å². The molecule has 1 N–H and O–H groups in total. The van der Waals surface area contributed by atoms with Gasteiger partial charge in [-0.1, -0.05) is 36.4 Å². The third-order valence-electron chi connectivity index (χ3n) is 3.99. The number of amides is 1. The van der Waals surface area contributed by atoms with E-state index in [1.165, 1.54) is 11.8 Å². The topological polar surface area (TPSA) is 91.2 Å². The highest BCUT2D eigenvalue weighted by Gasteiger charge is 2.17. The number of halogens is 1. The molecule has 0 fully saturated rings. The van der Waals surface area contributed by atoms with E-state index < -0.39 is 0 Å². The standard InChI is InChI=1S/C20H22ClN5O3S/c1-4-9-29-18-16(21)10-13(11-17(18)28-5-2)19(27)22-14-7-6-8-15(12-14)26-20(30-3)23-24-25-26/h6-8,10-12H,4-5,9H2,1-3H3,(H,22,27). The number of carbonyl (C=O) groups excluding carboxylic acids is 1. The minimum atomic E-state index is -0.321. The molecule has 0 saturated carbocycles. The molecular formula is C20H22ClN5O3S. The van der Waals surface area contributed by atoms with Crippen LogP contribution in [0.3, 0.4) is 0 Å². The van der Waals surface area contributed by atoms with Crippen LogP contribution in [-0.2, 0) is 0 Å². The van der Waals surface area contributed by atoms with Crippen molar-refractivity contribution in [2.45, 2.75) is 25.4 Å². The molecule has 1 amide bonds. The van der Waals surface area contributed by atoms with Crippen molar-refractivity contribution in [3.8, 4) is 17.2 Å². The zero-order valence-electron chi connectivity index (χ0n) is 16.9. The van der Waals surface area contributed by atoms with Crippen LogP contribution in [0.4, 0.5) is 5.69 Å². The number of rotatable bonds is 9. The molecule has 0 spiro atoms.